The van der Waals surface area contributed by atoms with E-state index in [1.54, 1.807) is 12.1 Å². The van der Waals surface area contributed by atoms with Crippen LogP contribution in [0.5, 0.6) is 5.75 Å². The first kappa shape index (κ1) is 8.89. The van der Waals surface area contributed by atoms with E-state index in [1.807, 2.05) is 0 Å². The van der Waals surface area contributed by atoms with E-state index in [4.69, 9.17) is 5.53 Å². The average Bonchev–Trinajstić information content (AvgIpc) is 2.08. The van der Waals surface area contributed by atoms with E-state index >= 15 is 0 Å². The maximum atomic E-state index is 10.0. The summed E-state index contributed by atoms with van der Waals surface area (Å²) in [7, 11) is 0. The molecule has 0 N–H and O–H groups in total. The van der Waals surface area contributed by atoms with Crippen LogP contribution in [0.4, 0.5) is 0 Å². The molecule has 6 nitrogen and oxygen atoms in total. The van der Waals surface area contributed by atoms with E-state index in [-0.39, 0.29) is 5.75 Å². The lowest BCUT2D eigenvalue weighted by atomic mass is 10.2. The lowest BCUT2D eigenvalue weighted by Crippen LogP contribution is -2.05. The van der Waals surface area contributed by atoms with Gasteiger partial charge in [-0.15, -0.1) is 10.1 Å². The van der Waals surface area contributed by atoms with Crippen LogP contribution in [-0.4, -0.2) is 16.1 Å². The van der Waals surface area contributed by atoms with Crippen LogP contribution in [0.3, 0.4) is 0 Å². The second kappa shape index (κ2) is 3.99. The molecule has 0 aliphatic carbocycles. The van der Waals surface area contributed by atoms with Crippen LogP contribution in [0, 0.1) is 10.1 Å². The maximum absolute atomic E-state index is 10.0. The van der Waals surface area contributed by atoms with E-state index < -0.39 is 5.09 Å². The Balaban J connectivity index is 3.04. The topological polar surface area (TPSA) is 88.8 Å². The second-order valence-electron chi connectivity index (χ2n) is 2.10. The first-order valence-corrected chi connectivity index (χ1v) is 3.33. The maximum Gasteiger partial charge on any atom is 0.299 e. The highest BCUT2D eigenvalue weighted by atomic mass is 17.0. The molecule has 0 unspecified atom stereocenters. The molecule has 0 aromatic heterocycles. The first-order chi connectivity index (χ1) is 6.24. The lowest BCUT2D eigenvalue weighted by molar-refractivity contribution is -0.711. The fourth-order valence-electron chi connectivity index (χ4n) is 0.813. The van der Waals surface area contributed by atoms with Crippen molar-refractivity contribution >= 4 is 6.21 Å². The van der Waals surface area contributed by atoms with Gasteiger partial charge in [-0.25, -0.2) is 0 Å². The molecule has 0 bridgehead atoms. The Morgan fingerprint density at radius 1 is 1.54 bits per heavy atom. The van der Waals surface area contributed by atoms with Crippen molar-refractivity contribution in [3.8, 4) is 5.75 Å². The van der Waals surface area contributed by atoms with Crippen LogP contribution >= 0.6 is 0 Å². The largest absolute Gasteiger partial charge is 0.361 e. The predicted octanol–water partition coefficient (Wildman–Crippen LogP) is 0.906. The fourth-order valence-corrected chi connectivity index (χ4v) is 0.813. The molecule has 13 heavy (non-hydrogen) atoms. The van der Waals surface area contributed by atoms with Crippen molar-refractivity contribution in [2.75, 3.05) is 0 Å². The predicted molar refractivity (Wildman–Crippen MR) is 42.8 cm³/mol. The molecule has 1 aromatic rings. The molecule has 0 aliphatic heterocycles. The lowest BCUT2D eigenvalue weighted by Gasteiger charge is -1.97. The van der Waals surface area contributed by atoms with Crippen LogP contribution in [0.15, 0.2) is 24.3 Å². The zero-order valence-corrected chi connectivity index (χ0v) is 6.45. The van der Waals surface area contributed by atoms with Gasteiger partial charge < -0.3 is 5.53 Å². The number of hydrogen-bond acceptors (Lipinski definition) is 3. The minimum atomic E-state index is -0.927. The van der Waals surface area contributed by atoms with Crippen molar-refractivity contribution < 1.29 is 14.7 Å². The quantitative estimate of drug-likeness (QED) is 0.227. The average molecular weight is 179 g/mol. The molecule has 0 radical (unpaired) electrons. The Hall–Kier alpha value is -2.20. The Bertz CT molecular complexity index is 371. The van der Waals surface area contributed by atoms with Gasteiger partial charge in [0.15, 0.2) is 0 Å². The summed E-state index contributed by atoms with van der Waals surface area (Å²) in [6.45, 7) is 0. The highest BCUT2D eigenvalue weighted by Gasteiger charge is 2.06. The summed E-state index contributed by atoms with van der Waals surface area (Å²) in [4.78, 5) is 17.0. The molecular weight excluding hydrogens is 174 g/mol. The van der Waals surface area contributed by atoms with Gasteiger partial charge in [-0.1, -0.05) is 12.1 Å². The Morgan fingerprint density at radius 3 is 2.85 bits per heavy atom. The molecule has 0 heterocycles. The van der Waals surface area contributed by atoms with E-state index in [0.717, 1.165) is 6.21 Å². The van der Waals surface area contributed by atoms with Crippen molar-refractivity contribution in [1.82, 2.24) is 0 Å². The number of hydrogen-bond donors (Lipinski definition) is 0. The molecule has 0 aliphatic rings. The van der Waals surface area contributed by atoms with Crippen LogP contribution in [0.1, 0.15) is 5.56 Å². The summed E-state index contributed by atoms with van der Waals surface area (Å²) in [5.74, 6) is 0.0327. The second-order valence-corrected chi connectivity index (χ2v) is 2.10. The van der Waals surface area contributed by atoms with Gasteiger partial charge in [-0.05, 0) is 12.1 Å². The van der Waals surface area contributed by atoms with Crippen molar-refractivity contribution in [1.29, 1.82) is 0 Å². The highest BCUT2D eigenvalue weighted by Crippen LogP contribution is 2.14. The Labute approximate surface area is 73.1 Å². The SMILES string of the molecule is [N-]=[N+]=Cc1ccccc1O[N+](=O)[O-]. The van der Waals surface area contributed by atoms with Crippen molar-refractivity contribution in [3.05, 3.63) is 45.5 Å². The zero-order valence-electron chi connectivity index (χ0n) is 6.45. The Morgan fingerprint density at radius 2 is 2.23 bits per heavy atom. The van der Waals surface area contributed by atoms with Crippen LogP contribution in [0.25, 0.3) is 5.53 Å². The third kappa shape index (κ3) is 2.39. The van der Waals surface area contributed by atoms with Gasteiger partial charge in [-0.2, -0.15) is 4.79 Å². The normalized spacial score (nSPS) is 8.62. The summed E-state index contributed by atoms with van der Waals surface area (Å²) in [5.41, 5.74) is 8.56. The molecule has 6 heteroatoms. The molecule has 0 spiro atoms. The fraction of sp³-hybridized carbons (Fsp3) is 0. The van der Waals surface area contributed by atoms with Gasteiger partial charge in [0, 0.05) is 0 Å². The molecule has 0 fully saturated rings. The van der Waals surface area contributed by atoms with Crippen molar-refractivity contribution in [3.63, 3.8) is 0 Å². The molecule has 0 saturated heterocycles. The van der Waals surface area contributed by atoms with Gasteiger partial charge in [-0.3, -0.25) is 4.84 Å². The molecule has 1 rings (SSSR count). The van der Waals surface area contributed by atoms with E-state index in [2.05, 4.69) is 9.63 Å². The molecular formula is C7H5N3O3. The van der Waals surface area contributed by atoms with Crippen molar-refractivity contribution in [2.24, 2.45) is 0 Å². The molecule has 0 saturated carbocycles. The van der Waals surface area contributed by atoms with Crippen molar-refractivity contribution in [2.45, 2.75) is 0 Å². The van der Waals surface area contributed by atoms with Gasteiger partial charge in [0.25, 0.3) is 11.3 Å². The monoisotopic (exact) mass is 179 g/mol. The van der Waals surface area contributed by atoms with Gasteiger partial charge in [0.1, 0.15) is 5.75 Å². The summed E-state index contributed by atoms with van der Waals surface area (Å²) in [5, 5.41) is 9.07. The standard InChI is InChI=1S/C7H5N3O3/c8-9-5-6-3-1-2-4-7(6)13-10(11)12/h1-5H. The summed E-state index contributed by atoms with van der Waals surface area (Å²) in [6.07, 6.45) is 1.05. The van der Waals surface area contributed by atoms with Gasteiger partial charge in [0.2, 0.25) is 0 Å². The third-order valence-corrected chi connectivity index (χ3v) is 1.29. The smallest absolute Gasteiger partial charge is 0.299 e. The number of rotatable bonds is 3. The van der Waals surface area contributed by atoms with Gasteiger partial charge in [0.05, 0.1) is 5.56 Å². The van der Waals surface area contributed by atoms with Gasteiger partial charge >= 0.3 is 0 Å². The minimum Gasteiger partial charge on any atom is -0.361 e. The molecule has 0 atom stereocenters. The number of benzene rings is 1. The minimum absolute atomic E-state index is 0.0327. The summed E-state index contributed by atoms with van der Waals surface area (Å²) in [6, 6.07) is 6.15. The van der Waals surface area contributed by atoms with Crippen LogP contribution in [0.2, 0.25) is 0 Å². The Kier molecular flexibility index (Phi) is 2.73. The number of nitrogens with zero attached hydrogens (tertiary/aromatic N) is 3. The van der Waals surface area contributed by atoms with E-state index in [1.165, 1.54) is 12.1 Å². The van der Waals surface area contributed by atoms with E-state index in [9.17, 15) is 10.1 Å². The first-order valence-electron chi connectivity index (χ1n) is 3.33. The van der Waals surface area contributed by atoms with Crippen LogP contribution < -0.4 is 4.84 Å². The van der Waals surface area contributed by atoms with Crippen LogP contribution in [-0.2, 0) is 0 Å². The molecule has 1 aromatic carbocycles. The van der Waals surface area contributed by atoms with E-state index in [0.29, 0.717) is 5.56 Å². The zero-order chi connectivity index (χ0) is 9.68. The summed E-state index contributed by atoms with van der Waals surface area (Å²) < 4.78 is 0. The third-order valence-electron chi connectivity index (χ3n) is 1.29. The number of para-hydroxylation sites is 1. The molecule has 0 amide bonds. The molecule has 66 valence electrons. The summed E-state index contributed by atoms with van der Waals surface area (Å²) >= 11 is 0. The highest BCUT2D eigenvalue weighted by molar-refractivity contribution is 5.79.